The number of aromatic hydroxyl groups is 2. The Bertz CT molecular complexity index is 609. The highest BCUT2D eigenvalue weighted by Gasteiger charge is 2.24. The lowest BCUT2D eigenvalue weighted by molar-refractivity contribution is 0.191. The monoisotopic (exact) mass is 261 g/mol. The molecular formula is C13H15N3O3. The van der Waals surface area contributed by atoms with Gasteiger partial charge in [0.1, 0.15) is 5.82 Å². The van der Waals surface area contributed by atoms with Crippen molar-refractivity contribution in [1.29, 1.82) is 0 Å². The number of fused-ring (bicyclic) bond motifs is 1. The van der Waals surface area contributed by atoms with Crippen LogP contribution >= 0.6 is 0 Å². The molecule has 1 aromatic heterocycles. The predicted octanol–water partition coefficient (Wildman–Crippen LogP) is 0.911. The third-order valence-corrected chi connectivity index (χ3v) is 3.56. The summed E-state index contributed by atoms with van der Waals surface area (Å²) in [6.45, 7) is 0.756. The summed E-state index contributed by atoms with van der Waals surface area (Å²) in [7, 11) is 0. The zero-order chi connectivity index (χ0) is 13.4. The summed E-state index contributed by atoms with van der Waals surface area (Å²) in [6.07, 6.45) is 1.65. The summed E-state index contributed by atoms with van der Waals surface area (Å²) in [6, 6.07) is 4.76. The summed E-state index contributed by atoms with van der Waals surface area (Å²) in [4.78, 5) is 0. The molecule has 2 aromatic rings. The van der Waals surface area contributed by atoms with Gasteiger partial charge in [-0.3, -0.25) is 0 Å². The average molecular weight is 261 g/mol. The number of rotatable bonds is 2. The van der Waals surface area contributed by atoms with E-state index >= 15 is 0 Å². The maximum absolute atomic E-state index is 9.91. The van der Waals surface area contributed by atoms with E-state index in [0.717, 1.165) is 18.7 Å². The van der Waals surface area contributed by atoms with Crippen molar-refractivity contribution in [2.45, 2.75) is 19.4 Å². The fourth-order valence-electron chi connectivity index (χ4n) is 2.45. The molecule has 0 saturated carbocycles. The van der Waals surface area contributed by atoms with Crippen molar-refractivity contribution < 1.29 is 15.3 Å². The van der Waals surface area contributed by atoms with Gasteiger partial charge in [0, 0.05) is 25.5 Å². The van der Waals surface area contributed by atoms with E-state index in [4.69, 9.17) is 0 Å². The molecule has 100 valence electrons. The van der Waals surface area contributed by atoms with Crippen LogP contribution in [0.25, 0.3) is 11.4 Å². The number of aliphatic hydroxyl groups excluding tert-OH is 1. The normalized spacial score (nSPS) is 18.3. The van der Waals surface area contributed by atoms with E-state index < -0.39 is 0 Å². The Morgan fingerprint density at radius 3 is 2.89 bits per heavy atom. The highest BCUT2D eigenvalue weighted by molar-refractivity contribution is 5.68. The molecule has 0 aliphatic carbocycles. The second-order valence-corrected chi connectivity index (χ2v) is 4.81. The van der Waals surface area contributed by atoms with E-state index in [1.165, 1.54) is 6.07 Å². The first-order valence-corrected chi connectivity index (χ1v) is 6.25. The third-order valence-electron chi connectivity index (χ3n) is 3.56. The number of aliphatic hydroxyl groups is 1. The van der Waals surface area contributed by atoms with E-state index in [-0.39, 0.29) is 24.0 Å². The molecule has 0 bridgehead atoms. The molecule has 3 N–H and O–H groups in total. The molecule has 1 aliphatic rings. The van der Waals surface area contributed by atoms with Gasteiger partial charge in [0.2, 0.25) is 0 Å². The van der Waals surface area contributed by atoms with Crippen LogP contribution in [0.3, 0.4) is 0 Å². The number of para-hydroxylation sites is 1. The van der Waals surface area contributed by atoms with Gasteiger partial charge in [-0.25, -0.2) is 0 Å². The van der Waals surface area contributed by atoms with Gasteiger partial charge in [-0.2, -0.15) is 0 Å². The molecule has 0 radical (unpaired) electrons. The van der Waals surface area contributed by atoms with Gasteiger partial charge >= 0.3 is 0 Å². The summed E-state index contributed by atoms with van der Waals surface area (Å²) in [5, 5.41) is 36.9. The van der Waals surface area contributed by atoms with Crippen LogP contribution in [0.1, 0.15) is 12.2 Å². The topological polar surface area (TPSA) is 91.4 Å². The molecule has 2 heterocycles. The molecular weight excluding hydrogens is 246 g/mol. The lowest BCUT2D eigenvalue weighted by Crippen LogP contribution is -2.23. The maximum atomic E-state index is 9.91. The standard InChI is InChI=1S/C13H15N3O3/c17-7-8-4-5-11-14-15-13(16(11)6-8)9-2-1-3-10(18)12(9)19/h1-3,8,17-19H,4-7H2. The van der Waals surface area contributed by atoms with E-state index in [0.29, 0.717) is 17.9 Å². The van der Waals surface area contributed by atoms with E-state index in [2.05, 4.69) is 10.2 Å². The third kappa shape index (κ3) is 1.94. The first-order chi connectivity index (χ1) is 9.20. The van der Waals surface area contributed by atoms with Crippen molar-refractivity contribution in [1.82, 2.24) is 14.8 Å². The number of hydrogen-bond acceptors (Lipinski definition) is 5. The van der Waals surface area contributed by atoms with Crippen molar-refractivity contribution in [3.05, 3.63) is 24.0 Å². The van der Waals surface area contributed by atoms with Gasteiger partial charge in [-0.05, 0) is 18.6 Å². The molecule has 1 atom stereocenters. The maximum Gasteiger partial charge on any atom is 0.168 e. The highest BCUT2D eigenvalue weighted by atomic mass is 16.3. The van der Waals surface area contributed by atoms with Gasteiger partial charge in [0.25, 0.3) is 0 Å². The minimum Gasteiger partial charge on any atom is -0.504 e. The molecule has 0 saturated heterocycles. The average Bonchev–Trinajstić information content (AvgIpc) is 2.84. The molecule has 6 nitrogen and oxygen atoms in total. The van der Waals surface area contributed by atoms with Crippen LogP contribution in [-0.4, -0.2) is 36.7 Å². The second-order valence-electron chi connectivity index (χ2n) is 4.81. The van der Waals surface area contributed by atoms with Gasteiger partial charge < -0.3 is 19.9 Å². The van der Waals surface area contributed by atoms with Gasteiger partial charge in [0.05, 0.1) is 5.56 Å². The summed E-state index contributed by atoms with van der Waals surface area (Å²) >= 11 is 0. The first kappa shape index (κ1) is 12.0. The number of aromatic nitrogens is 3. The Labute approximate surface area is 110 Å². The van der Waals surface area contributed by atoms with Crippen molar-refractivity contribution in [2.24, 2.45) is 5.92 Å². The number of benzene rings is 1. The number of nitrogens with zero attached hydrogens (tertiary/aromatic N) is 3. The molecule has 0 amide bonds. The molecule has 3 rings (SSSR count). The number of hydrogen-bond donors (Lipinski definition) is 3. The van der Waals surface area contributed by atoms with Gasteiger partial charge in [-0.15, -0.1) is 10.2 Å². The molecule has 0 spiro atoms. The van der Waals surface area contributed by atoms with Crippen LogP contribution in [0.5, 0.6) is 11.5 Å². The highest BCUT2D eigenvalue weighted by Crippen LogP contribution is 2.36. The molecule has 19 heavy (non-hydrogen) atoms. The number of phenolic OH excluding ortho intramolecular Hbond substituents is 2. The molecule has 0 fully saturated rings. The van der Waals surface area contributed by atoms with Crippen molar-refractivity contribution in [3.63, 3.8) is 0 Å². The zero-order valence-electron chi connectivity index (χ0n) is 10.3. The van der Waals surface area contributed by atoms with Crippen LogP contribution in [0.4, 0.5) is 0 Å². The first-order valence-electron chi connectivity index (χ1n) is 6.25. The SMILES string of the molecule is OCC1CCc2nnc(-c3cccc(O)c3O)n2C1. The zero-order valence-corrected chi connectivity index (χ0v) is 10.3. The van der Waals surface area contributed by atoms with Gasteiger partial charge in [0.15, 0.2) is 17.3 Å². The largest absolute Gasteiger partial charge is 0.504 e. The molecule has 6 heteroatoms. The van der Waals surface area contributed by atoms with Crippen molar-refractivity contribution in [3.8, 4) is 22.9 Å². The van der Waals surface area contributed by atoms with Crippen molar-refractivity contribution >= 4 is 0 Å². The lowest BCUT2D eigenvalue weighted by Gasteiger charge is -2.22. The fourth-order valence-corrected chi connectivity index (χ4v) is 2.45. The summed E-state index contributed by atoms with van der Waals surface area (Å²) in [5.74, 6) is 1.19. The van der Waals surface area contributed by atoms with E-state index in [9.17, 15) is 15.3 Å². The Balaban J connectivity index is 2.07. The second kappa shape index (κ2) is 4.55. The number of aryl methyl sites for hydroxylation is 1. The van der Waals surface area contributed by atoms with Crippen molar-refractivity contribution in [2.75, 3.05) is 6.61 Å². The smallest absolute Gasteiger partial charge is 0.168 e. The molecule has 1 aliphatic heterocycles. The number of phenols is 2. The quantitative estimate of drug-likeness (QED) is 0.699. The van der Waals surface area contributed by atoms with Crippen LogP contribution in [-0.2, 0) is 13.0 Å². The Morgan fingerprint density at radius 2 is 2.11 bits per heavy atom. The summed E-state index contributed by atoms with van der Waals surface area (Å²) < 4.78 is 1.90. The fraction of sp³-hybridized carbons (Fsp3) is 0.385. The van der Waals surface area contributed by atoms with E-state index in [1.54, 1.807) is 12.1 Å². The molecule has 1 unspecified atom stereocenters. The van der Waals surface area contributed by atoms with Crippen LogP contribution in [0.15, 0.2) is 18.2 Å². The molecule has 1 aromatic carbocycles. The lowest BCUT2D eigenvalue weighted by atomic mass is 10.00. The predicted molar refractivity (Wildman–Crippen MR) is 67.7 cm³/mol. The minimum absolute atomic E-state index is 0.128. The van der Waals surface area contributed by atoms with Crippen LogP contribution < -0.4 is 0 Å². The van der Waals surface area contributed by atoms with Gasteiger partial charge in [-0.1, -0.05) is 6.07 Å². The van der Waals surface area contributed by atoms with Crippen LogP contribution in [0.2, 0.25) is 0 Å². The Hall–Kier alpha value is -2.08. The van der Waals surface area contributed by atoms with Crippen LogP contribution in [0, 0.1) is 5.92 Å². The Kier molecular flexibility index (Phi) is 2.87. The summed E-state index contributed by atoms with van der Waals surface area (Å²) in [5.41, 5.74) is 0.456. The minimum atomic E-state index is -0.191. The van der Waals surface area contributed by atoms with E-state index in [1.807, 2.05) is 4.57 Å². The Morgan fingerprint density at radius 1 is 1.26 bits per heavy atom.